The maximum atomic E-state index is 5.79. The van der Waals surface area contributed by atoms with E-state index < -0.39 is 0 Å². The molecule has 0 amide bonds. The lowest BCUT2D eigenvalue weighted by Gasteiger charge is -2.05. The molecule has 0 radical (unpaired) electrons. The Morgan fingerprint density at radius 2 is 2.33 bits per heavy atom. The average Bonchev–Trinajstić information content (AvgIpc) is 2.05. The van der Waals surface area contributed by atoms with Gasteiger partial charge in [0.1, 0.15) is 0 Å². The molecule has 2 nitrogen and oxygen atoms in total. The van der Waals surface area contributed by atoms with Crippen LogP contribution in [-0.4, -0.2) is 0 Å². The Morgan fingerprint density at radius 3 is 2.83 bits per heavy atom. The standard InChI is InChI=1S/C10H14N2/c1-3-8-5-6-9(12-4-2)7-10(8)11/h4-7,12H,2-3,11H2,1H3. The smallest absolute Gasteiger partial charge is 0.0400 e. The van der Waals surface area contributed by atoms with Crippen molar-refractivity contribution in [3.8, 4) is 0 Å². The molecule has 0 aliphatic carbocycles. The highest BCUT2D eigenvalue weighted by molar-refractivity contribution is 5.59. The molecule has 2 heteroatoms. The summed E-state index contributed by atoms with van der Waals surface area (Å²) in [6.07, 6.45) is 2.61. The predicted octanol–water partition coefficient (Wildman–Crippen LogP) is 2.39. The summed E-state index contributed by atoms with van der Waals surface area (Å²) in [6, 6.07) is 5.94. The number of aryl methyl sites for hydroxylation is 1. The van der Waals surface area contributed by atoms with E-state index >= 15 is 0 Å². The molecule has 0 aromatic heterocycles. The number of hydrogen-bond donors (Lipinski definition) is 2. The van der Waals surface area contributed by atoms with Crippen molar-refractivity contribution in [3.63, 3.8) is 0 Å². The molecule has 0 unspecified atom stereocenters. The highest BCUT2D eigenvalue weighted by Gasteiger charge is 1.96. The maximum Gasteiger partial charge on any atom is 0.0400 e. The molecule has 0 atom stereocenters. The van der Waals surface area contributed by atoms with Crippen LogP contribution in [0.5, 0.6) is 0 Å². The Labute approximate surface area is 73.1 Å². The largest absolute Gasteiger partial charge is 0.398 e. The summed E-state index contributed by atoms with van der Waals surface area (Å²) in [5.74, 6) is 0. The number of anilines is 2. The van der Waals surface area contributed by atoms with Crippen LogP contribution in [0.25, 0.3) is 0 Å². The first-order valence-corrected chi connectivity index (χ1v) is 4.03. The van der Waals surface area contributed by atoms with Gasteiger partial charge in [-0.2, -0.15) is 0 Å². The maximum absolute atomic E-state index is 5.79. The summed E-state index contributed by atoms with van der Waals surface area (Å²) in [5, 5.41) is 2.98. The first kappa shape index (κ1) is 8.65. The quantitative estimate of drug-likeness (QED) is 0.670. The van der Waals surface area contributed by atoms with Gasteiger partial charge < -0.3 is 11.1 Å². The van der Waals surface area contributed by atoms with Gasteiger partial charge in [-0.05, 0) is 30.3 Å². The Hall–Kier alpha value is -1.44. The molecule has 0 saturated carbocycles. The molecular formula is C10H14N2. The molecule has 1 aromatic rings. The zero-order chi connectivity index (χ0) is 8.97. The molecule has 12 heavy (non-hydrogen) atoms. The predicted molar refractivity (Wildman–Crippen MR) is 54.1 cm³/mol. The van der Waals surface area contributed by atoms with Crippen LogP contribution >= 0.6 is 0 Å². The third-order valence-corrected chi connectivity index (χ3v) is 1.80. The van der Waals surface area contributed by atoms with E-state index in [0.717, 1.165) is 17.8 Å². The molecule has 3 N–H and O–H groups in total. The molecule has 1 aromatic carbocycles. The molecule has 0 spiro atoms. The zero-order valence-electron chi connectivity index (χ0n) is 7.30. The lowest BCUT2D eigenvalue weighted by molar-refractivity contribution is 1.14. The Morgan fingerprint density at radius 1 is 1.58 bits per heavy atom. The summed E-state index contributed by atoms with van der Waals surface area (Å²) >= 11 is 0. The van der Waals surface area contributed by atoms with Crippen LogP contribution in [0, 0.1) is 0 Å². The fraction of sp³-hybridized carbons (Fsp3) is 0.200. The van der Waals surface area contributed by atoms with E-state index in [2.05, 4.69) is 18.8 Å². The van der Waals surface area contributed by atoms with Gasteiger partial charge in [-0.3, -0.25) is 0 Å². The van der Waals surface area contributed by atoms with Crippen molar-refractivity contribution < 1.29 is 0 Å². The van der Waals surface area contributed by atoms with Crippen molar-refractivity contribution in [1.82, 2.24) is 0 Å². The van der Waals surface area contributed by atoms with Crippen LogP contribution in [0.1, 0.15) is 12.5 Å². The van der Waals surface area contributed by atoms with Crippen molar-refractivity contribution in [3.05, 3.63) is 36.5 Å². The van der Waals surface area contributed by atoms with Gasteiger partial charge in [0.15, 0.2) is 0 Å². The van der Waals surface area contributed by atoms with Gasteiger partial charge in [0, 0.05) is 11.4 Å². The van der Waals surface area contributed by atoms with Crippen LogP contribution in [-0.2, 0) is 6.42 Å². The summed E-state index contributed by atoms with van der Waals surface area (Å²) in [6.45, 7) is 5.67. The first-order chi connectivity index (χ1) is 5.77. The fourth-order valence-corrected chi connectivity index (χ4v) is 1.12. The fourth-order valence-electron chi connectivity index (χ4n) is 1.12. The van der Waals surface area contributed by atoms with E-state index in [0.29, 0.717) is 0 Å². The van der Waals surface area contributed by atoms with Gasteiger partial charge in [-0.1, -0.05) is 19.6 Å². The lowest BCUT2D eigenvalue weighted by Crippen LogP contribution is -1.94. The number of benzene rings is 1. The van der Waals surface area contributed by atoms with Crippen molar-refractivity contribution in [1.29, 1.82) is 0 Å². The normalized spacial score (nSPS) is 9.42. The molecule has 0 heterocycles. The van der Waals surface area contributed by atoms with Crippen molar-refractivity contribution in [2.75, 3.05) is 11.1 Å². The average molecular weight is 162 g/mol. The van der Waals surface area contributed by atoms with Crippen molar-refractivity contribution in [2.24, 2.45) is 0 Å². The van der Waals surface area contributed by atoms with E-state index in [1.54, 1.807) is 6.20 Å². The Bertz CT molecular complexity index is 279. The first-order valence-electron chi connectivity index (χ1n) is 4.03. The number of nitrogen functional groups attached to an aromatic ring is 1. The van der Waals surface area contributed by atoms with Gasteiger partial charge in [0.2, 0.25) is 0 Å². The summed E-state index contributed by atoms with van der Waals surface area (Å²) in [5.41, 5.74) is 8.80. The van der Waals surface area contributed by atoms with Crippen molar-refractivity contribution in [2.45, 2.75) is 13.3 Å². The monoisotopic (exact) mass is 162 g/mol. The van der Waals surface area contributed by atoms with E-state index in [9.17, 15) is 0 Å². The lowest BCUT2D eigenvalue weighted by atomic mass is 10.1. The highest BCUT2D eigenvalue weighted by Crippen LogP contribution is 2.18. The zero-order valence-corrected chi connectivity index (χ0v) is 7.30. The van der Waals surface area contributed by atoms with Crippen LogP contribution in [0.2, 0.25) is 0 Å². The van der Waals surface area contributed by atoms with Crippen LogP contribution in [0.3, 0.4) is 0 Å². The van der Waals surface area contributed by atoms with Crippen LogP contribution in [0.15, 0.2) is 31.0 Å². The highest BCUT2D eigenvalue weighted by atomic mass is 14.8. The summed E-state index contributed by atoms with van der Waals surface area (Å²) < 4.78 is 0. The minimum absolute atomic E-state index is 0.837. The molecule has 0 aliphatic heterocycles. The SMILES string of the molecule is C=CNc1ccc(CC)c(N)c1. The molecule has 0 bridgehead atoms. The van der Waals surface area contributed by atoms with Gasteiger partial charge >= 0.3 is 0 Å². The van der Waals surface area contributed by atoms with Crippen molar-refractivity contribution >= 4 is 11.4 Å². The number of nitrogens with two attached hydrogens (primary N) is 1. The third kappa shape index (κ3) is 1.78. The van der Waals surface area contributed by atoms with E-state index in [-0.39, 0.29) is 0 Å². The second-order valence-corrected chi connectivity index (χ2v) is 2.62. The van der Waals surface area contributed by atoms with E-state index in [4.69, 9.17) is 5.73 Å². The Balaban J connectivity index is 2.93. The Kier molecular flexibility index (Phi) is 2.75. The molecular weight excluding hydrogens is 148 g/mol. The summed E-state index contributed by atoms with van der Waals surface area (Å²) in [7, 11) is 0. The van der Waals surface area contributed by atoms with Gasteiger partial charge in [0.25, 0.3) is 0 Å². The summed E-state index contributed by atoms with van der Waals surface area (Å²) in [4.78, 5) is 0. The molecule has 64 valence electrons. The minimum Gasteiger partial charge on any atom is -0.398 e. The van der Waals surface area contributed by atoms with Gasteiger partial charge in [0.05, 0.1) is 0 Å². The topological polar surface area (TPSA) is 38.0 Å². The van der Waals surface area contributed by atoms with Crippen LogP contribution in [0.4, 0.5) is 11.4 Å². The molecule has 0 aliphatic rings. The molecule has 0 fully saturated rings. The van der Waals surface area contributed by atoms with Gasteiger partial charge in [-0.15, -0.1) is 0 Å². The van der Waals surface area contributed by atoms with Gasteiger partial charge in [-0.25, -0.2) is 0 Å². The minimum atomic E-state index is 0.837. The number of hydrogen-bond acceptors (Lipinski definition) is 2. The molecule has 1 rings (SSSR count). The second kappa shape index (κ2) is 3.81. The number of nitrogens with one attached hydrogen (secondary N) is 1. The molecule has 0 saturated heterocycles. The van der Waals surface area contributed by atoms with Crippen LogP contribution < -0.4 is 11.1 Å². The van der Waals surface area contributed by atoms with E-state index in [1.165, 1.54) is 5.56 Å². The van der Waals surface area contributed by atoms with E-state index in [1.807, 2.05) is 18.2 Å². The second-order valence-electron chi connectivity index (χ2n) is 2.62. The number of rotatable bonds is 3. The third-order valence-electron chi connectivity index (χ3n) is 1.80.